The van der Waals surface area contributed by atoms with Gasteiger partial charge in [0.1, 0.15) is 5.69 Å². The normalized spacial score (nSPS) is 13.5. The first kappa shape index (κ1) is 10.2. The van der Waals surface area contributed by atoms with Gasteiger partial charge in [0.15, 0.2) is 0 Å². The first-order valence-electron chi connectivity index (χ1n) is 5.20. The molecule has 0 aromatic carbocycles. The van der Waals surface area contributed by atoms with Crippen LogP contribution >= 0.6 is 11.3 Å². The van der Waals surface area contributed by atoms with Gasteiger partial charge in [-0.15, -0.1) is 11.3 Å². The minimum absolute atomic E-state index is 0.154. The van der Waals surface area contributed by atoms with Crippen LogP contribution in [0.25, 0.3) is 0 Å². The molecule has 0 saturated carbocycles. The van der Waals surface area contributed by atoms with E-state index in [4.69, 9.17) is 5.73 Å². The van der Waals surface area contributed by atoms with E-state index >= 15 is 0 Å². The number of thiophene rings is 1. The fourth-order valence-electron chi connectivity index (χ4n) is 1.88. The van der Waals surface area contributed by atoms with Gasteiger partial charge in [-0.1, -0.05) is 6.07 Å². The molecular formula is C11H10N4OS. The highest BCUT2D eigenvalue weighted by molar-refractivity contribution is 7.10. The van der Waals surface area contributed by atoms with E-state index in [0.717, 1.165) is 12.1 Å². The number of H-pyrrole nitrogens is 1. The summed E-state index contributed by atoms with van der Waals surface area (Å²) < 4.78 is 0. The number of rotatable bonds is 2. The van der Waals surface area contributed by atoms with Crippen LogP contribution in [0.2, 0.25) is 0 Å². The smallest absolute Gasteiger partial charge is 0.278 e. The van der Waals surface area contributed by atoms with E-state index in [0.29, 0.717) is 17.8 Å². The van der Waals surface area contributed by atoms with Gasteiger partial charge in [0.2, 0.25) is 5.95 Å². The molecule has 5 nitrogen and oxygen atoms in total. The Morgan fingerprint density at radius 2 is 2.41 bits per heavy atom. The van der Waals surface area contributed by atoms with E-state index in [-0.39, 0.29) is 11.5 Å². The van der Waals surface area contributed by atoms with Crippen LogP contribution in [-0.4, -0.2) is 15.7 Å². The summed E-state index contributed by atoms with van der Waals surface area (Å²) in [5.41, 5.74) is 7.29. The van der Waals surface area contributed by atoms with Crippen molar-refractivity contribution in [3.63, 3.8) is 0 Å². The van der Waals surface area contributed by atoms with E-state index in [1.807, 2.05) is 11.4 Å². The van der Waals surface area contributed by atoms with Gasteiger partial charge in [0.05, 0.1) is 5.69 Å². The highest BCUT2D eigenvalue weighted by Gasteiger charge is 2.20. The second-order valence-electron chi connectivity index (χ2n) is 3.86. The van der Waals surface area contributed by atoms with Crippen molar-refractivity contribution in [3.8, 4) is 0 Å². The zero-order chi connectivity index (χ0) is 11.8. The highest BCUT2D eigenvalue weighted by atomic mass is 32.1. The lowest BCUT2D eigenvalue weighted by atomic mass is 10.1. The Labute approximate surface area is 101 Å². The predicted octanol–water partition coefficient (Wildman–Crippen LogP) is 1.28. The maximum atomic E-state index is 11.6. The van der Waals surface area contributed by atoms with Gasteiger partial charge in [-0.05, 0) is 11.4 Å². The van der Waals surface area contributed by atoms with Crippen molar-refractivity contribution < 1.29 is 0 Å². The first-order chi connectivity index (χ1) is 8.22. The SMILES string of the molecule is Nc1nc2c(c(=O)[nH]1)N=C(Cc1cccs1)C2. The number of anilines is 1. The monoisotopic (exact) mass is 246 g/mol. The highest BCUT2D eigenvalue weighted by Crippen LogP contribution is 2.23. The van der Waals surface area contributed by atoms with Gasteiger partial charge in [-0.3, -0.25) is 9.78 Å². The molecule has 86 valence electrons. The van der Waals surface area contributed by atoms with E-state index in [2.05, 4.69) is 21.0 Å². The lowest BCUT2D eigenvalue weighted by Gasteiger charge is -1.97. The molecule has 1 aliphatic rings. The molecule has 0 unspecified atom stereocenters. The minimum Gasteiger partial charge on any atom is -0.369 e. The first-order valence-corrected chi connectivity index (χ1v) is 6.08. The quantitative estimate of drug-likeness (QED) is 0.837. The van der Waals surface area contributed by atoms with Crippen LogP contribution in [0.1, 0.15) is 10.6 Å². The lowest BCUT2D eigenvalue weighted by Crippen LogP contribution is -2.11. The van der Waals surface area contributed by atoms with Crippen molar-refractivity contribution in [2.24, 2.45) is 4.99 Å². The van der Waals surface area contributed by atoms with Crippen LogP contribution in [0, 0.1) is 0 Å². The zero-order valence-electron chi connectivity index (χ0n) is 8.93. The Bertz CT molecular complexity index is 642. The fourth-order valence-corrected chi connectivity index (χ4v) is 2.62. The fraction of sp³-hybridized carbons (Fsp3) is 0.182. The Balaban J connectivity index is 1.92. The molecule has 0 radical (unpaired) electrons. The van der Waals surface area contributed by atoms with Crippen LogP contribution in [0.4, 0.5) is 11.6 Å². The van der Waals surface area contributed by atoms with E-state index in [1.165, 1.54) is 4.88 Å². The Hall–Kier alpha value is -1.95. The molecule has 0 atom stereocenters. The molecule has 17 heavy (non-hydrogen) atoms. The number of nitrogens with zero attached hydrogens (tertiary/aromatic N) is 2. The predicted molar refractivity (Wildman–Crippen MR) is 68.1 cm³/mol. The third-order valence-electron chi connectivity index (χ3n) is 2.59. The summed E-state index contributed by atoms with van der Waals surface area (Å²) >= 11 is 1.68. The van der Waals surface area contributed by atoms with E-state index in [9.17, 15) is 4.79 Å². The summed E-state index contributed by atoms with van der Waals surface area (Å²) in [5.74, 6) is 0.154. The molecule has 0 aliphatic carbocycles. The summed E-state index contributed by atoms with van der Waals surface area (Å²) in [7, 11) is 0. The van der Waals surface area contributed by atoms with Gasteiger partial charge < -0.3 is 5.73 Å². The van der Waals surface area contributed by atoms with Gasteiger partial charge in [-0.25, -0.2) is 9.98 Å². The molecule has 0 spiro atoms. The lowest BCUT2D eigenvalue weighted by molar-refractivity contribution is 1.07. The number of aliphatic imine (C=N–C) groups is 1. The summed E-state index contributed by atoms with van der Waals surface area (Å²) in [4.78, 5) is 23.7. The summed E-state index contributed by atoms with van der Waals surface area (Å²) in [6.07, 6.45) is 1.38. The standard InChI is InChI=1S/C11H10N4OS/c12-11-14-8-5-6(4-7-2-1-3-17-7)13-9(8)10(16)15-11/h1-3H,4-5H2,(H3,12,14,15,16). The molecule has 2 aromatic rings. The van der Waals surface area contributed by atoms with Gasteiger partial charge in [0, 0.05) is 23.4 Å². The maximum Gasteiger partial charge on any atom is 0.278 e. The number of nitrogens with one attached hydrogen (secondary N) is 1. The molecule has 1 aliphatic heterocycles. The van der Waals surface area contributed by atoms with Crippen LogP contribution in [0.15, 0.2) is 27.3 Å². The number of nitrogen functional groups attached to an aromatic ring is 1. The van der Waals surface area contributed by atoms with Crippen molar-refractivity contribution in [2.75, 3.05) is 5.73 Å². The van der Waals surface area contributed by atoms with Crippen molar-refractivity contribution in [1.29, 1.82) is 0 Å². The van der Waals surface area contributed by atoms with Gasteiger partial charge in [0.25, 0.3) is 5.56 Å². The Morgan fingerprint density at radius 1 is 1.53 bits per heavy atom. The molecule has 6 heteroatoms. The molecule has 2 aromatic heterocycles. The van der Waals surface area contributed by atoms with Crippen molar-refractivity contribution in [2.45, 2.75) is 12.8 Å². The number of aromatic nitrogens is 2. The van der Waals surface area contributed by atoms with Crippen molar-refractivity contribution >= 4 is 28.7 Å². The summed E-state index contributed by atoms with van der Waals surface area (Å²) in [5, 5.41) is 2.03. The van der Waals surface area contributed by atoms with Gasteiger partial charge in [-0.2, -0.15) is 0 Å². The minimum atomic E-state index is -0.256. The van der Waals surface area contributed by atoms with Crippen LogP contribution in [0.5, 0.6) is 0 Å². The average Bonchev–Trinajstić information content (AvgIpc) is 2.87. The zero-order valence-corrected chi connectivity index (χ0v) is 9.75. The van der Waals surface area contributed by atoms with Crippen LogP contribution in [0.3, 0.4) is 0 Å². The number of aromatic amines is 1. The second kappa shape index (κ2) is 3.81. The number of nitrogens with two attached hydrogens (primary N) is 1. The molecule has 3 N–H and O–H groups in total. The molecule has 0 fully saturated rings. The van der Waals surface area contributed by atoms with Gasteiger partial charge >= 0.3 is 0 Å². The molecule has 3 heterocycles. The molecule has 0 bridgehead atoms. The molecular weight excluding hydrogens is 236 g/mol. The Morgan fingerprint density at radius 3 is 3.18 bits per heavy atom. The average molecular weight is 246 g/mol. The number of hydrogen-bond acceptors (Lipinski definition) is 5. The summed E-state index contributed by atoms with van der Waals surface area (Å²) in [6.45, 7) is 0. The van der Waals surface area contributed by atoms with Crippen molar-refractivity contribution in [3.05, 3.63) is 38.4 Å². The number of hydrogen-bond donors (Lipinski definition) is 2. The topological polar surface area (TPSA) is 84.1 Å². The van der Waals surface area contributed by atoms with E-state index in [1.54, 1.807) is 11.3 Å². The van der Waals surface area contributed by atoms with Crippen molar-refractivity contribution in [1.82, 2.24) is 9.97 Å². The molecule has 3 rings (SSSR count). The van der Waals surface area contributed by atoms with E-state index < -0.39 is 0 Å². The summed E-state index contributed by atoms with van der Waals surface area (Å²) in [6, 6.07) is 4.06. The second-order valence-corrected chi connectivity index (χ2v) is 4.89. The van der Waals surface area contributed by atoms with Crippen LogP contribution in [-0.2, 0) is 12.8 Å². The third kappa shape index (κ3) is 1.87. The van der Waals surface area contributed by atoms with Crippen LogP contribution < -0.4 is 11.3 Å². The maximum absolute atomic E-state index is 11.6. The molecule has 0 saturated heterocycles. The molecule has 0 amide bonds. The number of fused-ring (bicyclic) bond motifs is 1. The largest absolute Gasteiger partial charge is 0.369 e. The Kier molecular flexibility index (Phi) is 2.29. The third-order valence-corrected chi connectivity index (χ3v) is 3.46.